The van der Waals surface area contributed by atoms with Gasteiger partial charge in [-0.2, -0.15) is 0 Å². The quantitative estimate of drug-likeness (QED) is 0.693. The maximum absolute atomic E-state index is 3.29. The molecule has 0 radical (unpaired) electrons. The topological polar surface area (TPSA) is 12.0 Å². The number of fused-ring (bicyclic) bond motifs is 1. The van der Waals surface area contributed by atoms with Crippen LogP contribution in [0.3, 0.4) is 0 Å². The monoisotopic (exact) mass is 185 g/mol. The van der Waals surface area contributed by atoms with Gasteiger partial charge in [0.05, 0.1) is 0 Å². The third kappa shape index (κ3) is 1.73. The Morgan fingerprint density at radius 2 is 2.07 bits per heavy atom. The van der Waals surface area contributed by atoms with Crippen LogP contribution in [0.5, 0.6) is 0 Å². The van der Waals surface area contributed by atoms with Crippen LogP contribution in [-0.4, -0.2) is 0 Å². The highest BCUT2D eigenvalue weighted by Gasteiger charge is 2.10. The van der Waals surface area contributed by atoms with Gasteiger partial charge in [0.25, 0.3) is 0 Å². The molecular weight excluding hydrogens is 170 g/mol. The van der Waals surface area contributed by atoms with Gasteiger partial charge in [-0.05, 0) is 18.4 Å². The molecule has 1 nitrogen and oxygen atoms in total. The molecule has 1 heterocycles. The van der Waals surface area contributed by atoms with Gasteiger partial charge in [-0.3, -0.25) is 0 Å². The summed E-state index contributed by atoms with van der Waals surface area (Å²) >= 11 is 0. The molecule has 0 spiro atoms. The molecule has 0 atom stereocenters. The van der Waals surface area contributed by atoms with Crippen molar-refractivity contribution in [2.45, 2.75) is 20.3 Å². The van der Waals surface area contributed by atoms with E-state index in [1.54, 1.807) is 0 Å². The first-order chi connectivity index (χ1) is 6.77. The number of hydrogen-bond donors (Lipinski definition) is 1. The Morgan fingerprint density at radius 1 is 1.29 bits per heavy atom. The molecule has 0 amide bonds. The predicted molar refractivity (Wildman–Crippen MR) is 61.0 cm³/mol. The van der Waals surface area contributed by atoms with E-state index in [2.05, 4.69) is 49.2 Å². The number of allylic oxidation sites excluding steroid dienone is 1. The molecule has 1 heteroatoms. The fourth-order valence-electron chi connectivity index (χ4n) is 1.73. The predicted octanol–water partition coefficient (Wildman–Crippen LogP) is 3.65. The Kier molecular flexibility index (Phi) is 2.43. The van der Waals surface area contributed by atoms with Crippen molar-refractivity contribution in [3.63, 3.8) is 0 Å². The molecule has 14 heavy (non-hydrogen) atoms. The van der Waals surface area contributed by atoms with Crippen molar-refractivity contribution in [3.05, 3.63) is 41.8 Å². The van der Waals surface area contributed by atoms with E-state index < -0.39 is 0 Å². The standard InChI is InChI=1S/C13H15N/c1-10(2)9-11-7-8-14-13-6-4-3-5-12(11)13/h3-6,8,10,14H,9H2,1-2H3. The van der Waals surface area contributed by atoms with Gasteiger partial charge in [0.2, 0.25) is 0 Å². The van der Waals surface area contributed by atoms with Gasteiger partial charge in [-0.15, -0.1) is 0 Å². The van der Waals surface area contributed by atoms with Gasteiger partial charge in [0.1, 0.15) is 0 Å². The molecule has 1 N–H and O–H groups in total. The summed E-state index contributed by atoms with van der Waals surface area (Å²) in [4.78, 5) is 0. The fourth-order valence-corrected chi connectivity index (χ4v) is 1.73. The molecule has 1 aromatic rings. The second-order valence-electron chi connectivity index (χ2n) is 4.06. The van der Waals surface area contributed by atoms with Crippen LogP contribution in [0.1, 0.15) is 25.8 Å². The van der Waals surface area contributed by atoms with Crippen LogP contribution in [0.2, 0.25) is 0 Å². The maximum Gasteiger partial charge on any atom is 0.0467 e. The molecule has 0 saturated heterocycles. The highest BCUT2D eigenvalue weighted by Crippen LogP contribution is 2.29. The SMILES string of the molecule is CC(C)CC1=C=CNc2ccccc21. The Bertz CT molecular complexity index is 395. The van der Waals surface area contributed by atoms with Gasteiger partial charge in [-0.25, -0.2) is 0 Å². The zero-order valence-corrected chi connectivity index (χ0v) is 8.67. The lowest BCUT2D eigenvalue weighted by Gasteiger charge is -2.15. The molecule has 72 valence electrons. The van der Waals surface area contributed by atoms with Crippen LogP contribution < -0.4 is 5.32 Å². The first-order valence-corrected chi connectivity index (χ1v) is 5.07. The van der Waals surface area contributed by atoms with Gasteiger partial charge >= 0.3 is 0 Å². The van der Waals surface area contributed by atoms with E-state index >= 15 is 0 Å². The Hall–Kier alpha value is -1.46. The molecule has 1 aliphatic heterocycles. The van der Waals surface area contributed by atoms with Crippen molar-refractivity contribution >= 4 is 11.3 Å². The van der Waals surface area contributed by atoms with E-state index in [-0.39, 0.29) is 0 Å². The van der Waals surface area contributed by atoms with E-state index in [0.717, 1.165) is 6.42 Å². The molecule has 1 aliphatic rings. The minimum atomic E-state index is 0.678. The number of benzene rings is 1. The molecule has 2 rings (SSSR count). The summed E-state index contributed by atoms with van der Waals surface area (Å²) in [6, 6.07) is 8.39. The van der Waals surface area contributed by atoms with Crippen LogP contribution in [0.25, 0.3) is 5.57 Å². The van der Waals surface area contributed by atoms with Crippen molar-refractivity contribution in [3.8, 4) is 0 Å². The molecule has 0 aromatic heterocycles. The van der Waals surface area contributed by atoms with Crippen LogP contribution in [0.15, 0.2) is 36.2 Å². The zero-order valence-electron chi connectivity index (χ0n) is 8.67. The highest BCUT2D eigenvalue weighted by molar-refractivity contribution is 5.78. The van der Waals surface area contributed by atoms with Crippen molar-refractivity contribution in [2.24, 2.45) is 5.92 Å². The Balaban J connectivity index is 2.38. The van der Waals surface area contributed by atoms with E-state index in [1.165, 1.54) is 16.8 Å². The number of hydrogen-bond acceptors (Lipinski definition) is 1. The minimum absolute atomic E-state index is 0.678. The summed E-state index contributed by atoms with van der Waals surface area (Å²) < 4.78 is 0. The average molecular weight is 185 g/mol. The Morgan fingerprint density at radius 3 is 2.86 bits per heavy atom. The summed E-state index contributed by atoms with van der Waals surface area (Å²) in [6.07, 6.45) is 3.00. The van der Waals surface area contributed by atoms with Gasteiger partial charge < -0.3 is 5.32 Å². The second-order valence-corrected chi connectivity index (χ2v) is 4.06. The molecule has 0 bridgehead atoms. The number of nitrogens with one attached hydrogen (secondary N) is 1. The van der Waals surface area contributed by atoms with Crippen LogP contribution in [0.4, 0.5) is 5.69 Å². The van der Waals surface area contributed by atoms with Gasteiger partial charge in [0, 0.05) is 23.0 Å². The maximum atomic E-state index is 3.29. The van der Waals surface area contributed by atoms with Crippen LogP contribution in [0, 0.1) is 5.92 Å². The van der Waals surface area contributed by atoms with Crippen molar-refractivity contribution < 1.29 is 0 Å². The number of para-hydroxylation sites is 1. The smallest absolute Gasteiger partial charge is 0.0467 e. The Labute approximate surface area is 85.2 Å². The van der Waals surface area contributed by atoms with E-state index in [1.807, 2.05) is 6.20 Å². The fraction of sp³-hybridized carbons (Fsp3) is 0.308. The summed E-state index contributed by atoms with van der Waals surface area (Å²) in [5.41, 5.74) is 7.09. The third-order valence-corrected chi connectivity index (χ3v) is 2.34. The van der Waals surface area contributed by atoms with Crippen LogP contribution in [-0.2, 0) is 0 Å². The van der Waals surface area contributed by atoms with Crippen molar-refractivity contribution in [2.75, 3.05) is 5.32 Å². The lowest BCUT2D eigenvalue weighted by molar-refractivity contribution is 0.673. The molecule has 0 saturated carbocycles. The number of anilines is 1. The number of rotatable bonds is 2. The molecule has 1 aromatic carbocycles. The largest absolute Gasteiger partial charge is 0.355 e. The highest BCUT2D eigenvalue weighted by atomic mass is 14.8. The minimum Gasteiger partial charge on any atom is -0.355 e. The first kappa shape index (κ1) is 9.11. The molecular formula is C13H15N. The summed E-state index contributed by atoms with van der Waals surface area (Å²) in [6.45, 7) is 4.47. The second kappa shape index (κ2) is 3.73. The van der Waals surface area contributed by atoms with Crippen LogP contribution >= 0.6 is 0 Å². The van der Waals surface area contributed by atoms with E-state index in [0.29, 0.717) is 5.92 Å². The van der Waals surface area contributed by atoms with E-state index in [9.17, 15) is 0 Å². The first-order valence-electron chi connectivity index (χ1n) is 5.07. The van der Waals surface area contributed by atoms with E-state index in [4.69, 9.17) is 0 Å². The third-order valence-electron chi connectivity index (χ3n) is 2.34. The zero-order chi connectivity index (χ0) is 9.97. The van der Waals surface area contributed by atoms with Crippen molar-refractivity contribution in [1.82, 2.24) is 0 Å². The molecule has 0 unspecified atom stereocenters. The lowest BCUT2D eigenvalue weighted by Crippen LogP contribution is -2.00. The summed E-state index contributed by atoms with van der Waals surface area (Å²) in [5, 5.41) is 3.21. The lowest BCUT2D eigenvalue weighted by atomic mass is 9.95. The normalized spacial score (nSPS) is 13.5. The van der Waals surface area contributed by atoms with Gasteiger partial charge in [0.15, 0.2) is 0 Å². The molecule has 0 aliphatic carbocycles. The molecule has 0 fully saturated rings. The summed E-state index contributed by atoms with van der Waals surface area (Å²) in [7, 11) is 0. The summed E-state index contributed by atoms with van der Waals surface area (Å²) in [5.74, 6) is 0.678. The van der Waals surface area contributed by atoms with Gasteiger partial charge in [-0.1, -0.05) is 37.8 Å². The van der Waals surface area contributed by atoms with Crippen molar-refractivity contribution in [1.29, 1.82) is 0 Å². The average Bonchev–Trinajstić information content (AvgIpc) is 2.18.